The lowest BCUT2D eigenvalue weighted by atomic mass is 9.94. The second kappa shape index (κ2) is 9.25. The SMILES string of the molecule is C1=CNC1.COc1ccc(C)c(C(=O)NC2(c3cc(-c4cnn(C)c4)cc4ncccc34)CC2)c1. The topological polar surface area (TPSA) is 81.1 Å². The van der Waals surface area contributed by atoms with E-state index >= 15 is 0 Å². The smallest absolute Gasteiger partial charge is 0.252 e. The minimum Gasteiger partial charge on any atom is -0.497 e. The van der Waals surface area contributed by atoms with Crippen LogP contribution < -0.4 is 15.4 Å². The molecule has 178 valence electrons. The summed E-state index contributed by atoms with van der Waals surface area (Å²) >= 11 is 0. The van der Waals surface area contributed by atoms with E-state index in [4.69, 9.17) is 4.74 Å². The van der Waals surface area contributed by atoms with E-state index in [-0.39, 0.29) is 5.91 Å². The third-order valence-corrected chi connectivity index (χ3v) is 6.54. The van der Waals surface area contributed by atoms with Crippen molar-refractivity contribution in [2.45, 2.75) is 25.3 Å². The Hall–Kier alpha value is -4.13. The molecule has 1 aliphatic heterocycles. The van der Waals surface area contributed by atoms with Crippen LogP contribution in [0.5, 0.6) is 5.75 Å². The number of methoxy groups -OCH3 is 1. The maximum Gasteiger partial charge on any atom is 0.252 e. The number of amides is 1. The standard InChI is InChI=1S/C25H24N4O2.C3H5N/c1-16-6-7-19(31-3)13-21(16)24(30)28-25(8-9-25)22-11-17(18-14-27-29(2)15-18)12-23-20(22)5-4-10-26-23;1-2-4-3-1/h4-7,10-15H,8-9H2,1-3H3,(H,28,30);1-2,4H,3H2. The Morgan fingerprint density at radius 3 is 2.57 bits per heavy atom. The van der Waals surface area contributed by atoms with Crippen LogP contribution in [0.25, 0.3) is 22.0 Å². The Labute approximate surface area is 204 Å². The van der Waals surface area contributed by atoms with Gasteiger partial charge >= 0.3 is 0 Å². The lowest BCUT2D eigenvalue weighted by Gasteiger charge is -2.22. The van der Waals surface area contributed by atoms with Crippen molar-refractivity contribution in [2.75, 3.05) is 13.7 Å². The van der Waals surface area contributed by atoms with Crippen molar-refractivity contribution >= 4 is 16.8 Å². The van der Waals surface area contributed by atoms with E-state index in [1.807, 2.05) is 50.8 Å². The fraction of sp³-hybridized carbons (Fsp3) is 0.250. The molecule has 7 nitrogen and oxygen atoms in total. The molecule has 4 aromatic rings. The summed E-state index contributed by atoms with van der Waals surface area (Å²) in [5, 5.41) is 11.6. The van der Waals surface area contributed by atoms with E-state index in [9.17, 15) is 4.79 Å². The number of carbonyl (C=O) groups excluding carboxylic acids is 1. The molecule has 2 aliphatic rings. The molecule has 0 radical (unpaired) electrons. The second-order valence-electron chi connectivity index (χ2n) is 9.02. The molecule has 1 aliphatic carbocycles. The zero-order chi connectivity index (χ0) is 24.4. The average Bonchev–Trinajstić information content (AvgIpc) is 3.47. The van der Waals surface area contributed by atoms with Crippen molar-refractivity contribution in [3.05, 3.63) is 90.0 Å². The molecule has 35 heavy (non-hydrogen) atoms. The highest BCUT2D eigenvalue weighted by atomic mass is 16.5. The number of ether oxygens (including phenoxy) is 1. The van der Waals surface area contributed by atoms with Gasteiger partial charge in [-0.25, -0.2) is 0 Å². The van der Waals surface area contributed by atoms with Crippen LogP contribution in [-0.2, 0) is 12.6 Å². The number of nitrogens with zero attached hydrogens (tertiary/aromatic N) is 3. The van der Waals surface area contributed by atoms with Gasteiger partial charge in [0.1, 0.15) is 5.75 Å². The van der Waals surface area contributed by atoms with Crippen molar-refractivity contribution < 1.29 is 9.53 Å². The van der Waals surface area contributed by atoms with Gasteiger partial charge in [0.25, 0.3) is 5.91 Å². The minimum atomic E-state index is -0.397. The normalized spacial score (nSPS) is 14.8. The Bertz CT molecular complexity index is 1410. The fourth-order valence-corrected chi connectivity index (χ4v) is 4.28. The summed E-state index contributed by atoms with van der Waals surface area (Å²) < 4.78 is 7.11. The number of aryl methyl sites for hydroxylation is 2. The number of aromatic nitrogens is 3. The quantitative estimate of drug-likeness (QED) is 0.453. The molecule has 2 N–H and O–H groups in total. The van der Waals surface area contributed by atoms with E-state index < -0.39 is 5.54 Å². The molecule has 0 atom stereocenters. The number of hydrogen-bond donors (Lipinski definition) is 2. The summed E-state index contributed by atoms with van der Waals surface area (Å²) in [4.78, 5) is 17.9. The third-order valence-electron chi connectivity index (χ3n) is 6.54. The number of fused-ring (bicyclic) bond motifs is 1. The third kappa shape index (κ3) is 4.62. The molecule has 1 fully saturated rings. The molecule has 0 spiro atoms. The van der Waals surface area contributed by atoms with Crippen molar-refractivity contribution in [3.63, 3.8) is 0 Å². The largest absolute Gasteiger partial charge is 0.497 e. The molecular weight excluding hydrogens is 438 g/mol. The van der Waals surface area contributed by atoms with E-state index in [2.05, 4.69) is 45.0 Å². The van der Waals surface area contributed by atoms with Crippen LogP contribution in [0, 0.1) is 6.92 Å². The van der Waals surface area contributed by atoms with Crippen LogP contribution >= 0.6 is 0 Å². The first-order chi connectivity index (χ1) is 17.0. The molecule has 3 heterocycles. The van der Waals surface area contributed by atoms with Crippen molar-refractivity contribution in [1.29, 1.82) is 0 Å². The average molecular weight is 468 g/mol. The number of rotatable bonds is 5. The van der Waals surface area contributed by atoms with Crippen LogP contribution in [0.1, 0.15) is 34.3 Å². The van der Waals surface area contributed by atoms with Crippen LogP contribution in [0.3, 0.4) is 0 Å². The highest BCUT2D eigenvalue weighted by molar-refractivity contribution is 5.98. The molecule has 6 rings (SSSR count). The Morgan fingerprint density at radius 2 is 1.94 bits per heavy atom. The van der Waals surface area contributed by atoms with E-state index in [0.29, 0.717) is 11.3 Å². The highest BCUT2D eigenvalue weighted by Crippen LogP contribution is 2.49. The summed E-state index contributed by atoms with van der Waals surface area (Å²) in [5.41, 5.74) is 5.25. The maximum absolute atomic E-state index is 13.3. The lowest BCUT2D eigenvalue weighted by molar-refractivity contribution is 0.0930. The van der Waals surface area contributed by atoms with E-state index in [1.165, 1.54) is 0 Å². The number of hydrogen-bond acceptors (Lipinski definition) is 5. The summed E-state index contributed by atoms with van der Waals surface area (Å²) in [7, 11) is 3.51. The number of pyridine rings is 1. The van der Waals surface area contributed by atoms with Gasteiger partial charge in [-0.05, 0) is 79.1 Å². The Morgan fingerprint density at radius 1 is 1.17 bits per heavy atom. The Balaban J connectivity index is 0.000000577. The second-order valence-corrected chi connectivity index (χ2v) is 9.02. The zero-order valence-corrected chi connectivity index (χ0v) is 20.2. The first kappa shape index (κ1) is 22.7. The molecule has 2 aromatic heterocycles. The molecule has 1 saturated carbocycles. The molecule has 0 unspecified atom stereocenters. The zero-order valence-electron chi connectivity index (χ0n) is 20.2. The van der Waals surface area contributed by atoms with Crippen LogP contribution in [0.15, 0.2) is 73.3 Å². The van der Waals surface area contributed by atoms with Gasteiger partial charge in [-0.15, -0.1) is 0 Å². The van der Waals surface area contributed by atoms with Crippen LogP contribution in [-0.4, -0.2) is 34.3 Å². The summed E-state index contributed by atoms with van der Waals surface area (Å²) in [6, 6.07) is 13.9. The molecule has 2 aromatic carbocycles. The predicted octanol–water partition coefficient (Wildman–Crippen LogP) is 4.47. The molecule has 0 saturated heterocycles. The van der Waals surface area contributed by atoms with Gasteiger partial charge in [-0.2, -0.15) is 5.10 Å². The van der Waals surface area contributed by atoms with Gasteiger partial charge in [-0.1, -0.05) is 12.1 Å². The van der Waals surface area contributed by atoms with Crippen LogP contribution in [0.2, 0.25) is 0 Å². The maximum atomic E-state index is 13.3. The van der Waals surface area contributed by atoms with Crippen molar-refractivity contribution in [3.8, 4) is 16.9 Å². The number of benzene rings is 2. The minimum absolute atomic E-state index is 0.0854. The van der Waals surface area contributed by atoms with Crippen molar-refractivity contribution in [2.24, 2.45) is 7.05 Å². The van der Waals surface area contributed by atoms with Gasteiger partial charge in [0.15, 0.2) is 0 Å². The molecule has 7 heteroatoms. The van der Waals surface area contributed by atoms with E-state index in [1.54, 1.807) is 24.1 Å². The first-order valence-corrected chi connectivity index (χ1v) is 11.7. The van der Waals surface area contributed by atoms with Crippen LogP contribution in [0.4, 0.5) is 0 Å². The van der Waals surface area contributed by atoms with Gasteiger partial charge in [0, 0.05) is 42.5 Å². The molecule has 0 bridgehead atoms. The van der Waals surface area contributed by atoms with Gasteiger partial charge < -0.3 is 15.4 Å². The monoisotopic (exact) mass is 467 g/mol. The van der Waals surface area contributed by atoms with Crippen molar-refractivity contribution in [1.82, 2.24) is 25.4 Å². The predicted molar refractivity (Wildman–Crippen MR) is 137 cm³/mol. The first-order valence-electron chi connectivity index (χ1n) is 11.7. The fourth-order valence-electron chi connectivity index (χ4n) is 4.28. The molecular formula is C28H29N5O2. The van der Waals surface area contributed by atoms with Gasteiger partial charge in [-0.3, -0.25) is 14.5 Å². The number of carbonyl (C=O) groups is 1. The number of nitrogens with one attached hydrogen (secondary N) is 2. The summed E-state index contributed by atoms with van der Waals surface area (Å²) in [6.07, 6.45) is 11.4. The van der Waals surface area contributed by atoms with Gasteiger partial charge in [0.05, 0.1) is 24.4 Å². The lowest BCUT2D eigenvalue weighted by Crippen LogP contribution is -2.35. The molecule has 1 amide bonds. The highest BCUT2D eigenvalue weighted by Gasteiger charge is 2.47. The Kier molecular flexibility index (Phi) is 5.99. The van der Waals surface area contributed by atoms with Gasteiger partial charge in [0.2, 0.25) is 0 Å². The summed E-state index contributed by atoms with van der Waals surface area (Å²) in [6.45, 7) is 3.01. The summed E-state index contributed by atoms with van der Waals surface area (Å²) in [5.74, 6) is 0.589. The van der Waals surface area contributed by atoms with E-state index in [0.717, 1.165) is 52.5 Å².